The van der Waals surface area contributed by atoms with Crippen LogP contribution in [0.1, 0.15) is 10.4 Å². The minimum atomic E-state index is -0.909. The zero-order chi connectivity index (χ0) is 12.4. The van der Waals surface area contributed by atoms with Crippen LogP contribution in [0.4, 0.5) is 0 Å². The molecule has 6 heteroatoms. The number of rotatable bonds is 4. The van der Waals surface area contributed by atoms with Gasteiger partial charge in [0.25, 0.3) is 0 Å². The van der Waals surface area contributed by atoms with Crippen LogP contribution in [0.15, 0.2) is 24.4 Å². The summed E-state index contributed by atoms with van der Waals surface area (Å²) in [5.41, 5.74) is 1.27. The number of fused-ring (bicyclic) bond motifs is 1. The summed E-state index contributed by atoms with van der Waals surface area (Å²) in [5.74, 6) is -0.909. The topological polar surface area (TPSA) is 58.4 Å². The number of benzene rings is 1. The molecule has 1 aromatic heterocycles. The zero-order valence-corrected chi connectivity index (χ0v) is 9.92. The number of carboxylic acids is 1. The van der Waals surface area contributed by atoms with Crippen LogP contribution < -0.4 is 0 Å². The molecular weight excluding hydrogens is 225 g/mol. The van der Waals surface area contributed by atoms with E-state index in [2.05, 4.69) is 10.00 Å². The van der Waals surface area contributed by atoms with Crippen LogP contribution in [0, 0.1) is 0 Å². The van der Waals surface area contributed by atoms with Gasteiger partial charge in [-0.05, 0) is 32.3 Å². The molecule has 0 saturated carbocycles. The van der Waals surface area contributed by atoms with Crippen molar-refractivity contribution >= 4 is 35.7 Å². The Hall–Kier alpha value is -1.28. The van der Waals surface area contributed by atoms with Gasteiger partial charge in [0.15, 0.2) is 0 Å². The summed E-state index contributed by atoms with van der Waals surface area (Å²) < 4.78 is 1.89. The van der Waals surface area contributed by atoms with Gasteiger partial charge in [-0.25, -0.2) is 4.79 Å². The molecule has 2 aromatic rings. The summed E-state index contributed by atoms with van der Waals surface area (Å²) in [5, 5.41) is 14.0. The standard InChI is InChI=1S/C12H15N3O2.Li.H/c1-14(2)5-6-15-11-4-3-9(12(16)17)7-10(11)8-13-15;;/h3-4,7-8H,5-6H2,1-2H3,(H,16,17);;. The quantitative estimate of drug-likeness (QED) is 0.798. The van der Waals surface area contributed by atoms with Crippen molar-refractivity contribution in [2.45, 2.75) is 6.54 Å². The SMILES string of the molecule is CN(C)CCn1ncc2cc(C(=O)O)ccc21.[LiH]. The molecule has 18 heavy (non-hydrogen) atoms. The van der Waals surface area contributed by atoms with E-state index in [1.165, 1.54) is 0 Å². The van der Waals surface area contributed by atoms with Gasteiger partial charge in [-0.1, -0.05) is 0 Å². The second-order valence-electron chi connectivity index (χ2n) is 4.25. The number of nitrogens with zero attached hydrogens (tertiary/aromatic N) is 3. The van der Waals surface area contributed by atoms with Gasteiger partial charge in [0.1, 0.15) is 0 Å². The van der Waals surface area contributed by atoms with Gasteiger partial charge in [0.05, 0.1) is 23.8 Å². The Labute approximate surface area is 118 Å². The van der Waals surface area contributed by atoms with Crippen molar-refractivity contribution in [1.29, 1.82) is 0 Å². The molecule has 0 atom stereocenters. The molecule has 0 aliphatic carbocycles. The van der Waals surface area contributed by atoms with Crippen molar-refractivity contribution in [2.75, 3.05) is 20.6 Å². The van der Waals surface area contributed by atoms with Crippen LogP contribution in [-0.2, 0) is 6.54 Å². The van der Waals surface area contributed by atoms with Crippen molar-refractivity contribution in [3.63, 3.8) is 0 Å². The van der Waals surface area contributed by atoms with Crippen LogP contribution >= 0.6 is 0 Å². The van der Waals surface area contributed by atoms with Gasteiger partial charge >= 0.3 is 24.8 Å². The third-order valence-electron chi connectivity index (χ3n) is 2.65. The van der Waals surface area contributed by atoms with Crippen molar-refractivity contribution in [3.8, 4) is 0 Å². The Morgan fingerprint density at radius 2 is 2.17 bits per heavy atom. The summed E-state index contributed by atoms with van der Waals surface area (Å²) in [6.07, 6.45) is 1.71. The second kappa shape index (κ2) is 6.05. The molecule has 2 rings (SSSR count). The summed E-state index contributed by atoms with van der Waals surface area (Å²) >= 11 is 0. The molecule has 1 aromatic carbocycles. The maximum atomic E-state index is 10.8. The summed E-state index contributed by atoms with van der Waals surface area (Å²) in [7, 11) is 4.02. The summed E-state index contributed by atoms with van der Waals surface area (Å²) in [4.78, 5) is 12.9. The zero-order valence-electron chi connectivity index (χ0n) is 9.92. The molecule has 0 fully saturated rings. The first kappa shape index (κ1) is 14.8. The molecule has 0 aliphatic rings. The molecular formula is C12H16LiN3O2. The van der Waals surface area contributed by atoms with Gasteiger partial charge in [0.2, 0.25) is 0 Å². The first-order valence-corrected chi connectivity index (χ1v) is 5.41. The van der Waals surface area contributed by atoms with Gasteiger partial charge in [-0.15, -0.1) is 0 Å². The van der Waals surface area contributed by atoms with E-state index in [4.69, 9.17) is 5.11 Å². The predicted octanol–water partition coefficient (Wildman–Crippen LogP) is 0.648. The molecule has 5 nitrogen and oxygen atoms in total. The van der Waals surface area contributed by atoms with Crippen LogP contribution in [0.2, 0.25) is 0 Å². The fraction of sp³-hybridized carbons (Fsp3) is 0.333. The van der Waals surface area contributed by atoms with E-state index in [1.807, 2.05) is 18.8 Å². The van der Waals surface area contributed by atoms with Crippen LogP contribution in [0.3, 0.4) is 0 Å². The molecule has 1 heterocycles. The fourth-order valence-electron chi connectivity index (χ4n) is 1.69. The second-order valence-corrected chi connectivity index (χ2v) is 4.25. The van der Waals surface area contributed by atoms with Crippen molar-refractivity contribution in [2.24, 2.45) is 0 Å². The van der Waals surface area contributed by atoms with Crippen LogP contribution in [0.5, 0.6) is 0 Å². The van der Waals surface area contributed by atoms with Gasteiger partial charge < -0.3 is 10.0 Å². The Morgan fingerprint density at radius 1 is 1.44 bits per heavy atom. The third-order valence-corrected chi connectivity index (χ3v) is 2.65. The van der Waals surface area contributed by atoms with Gasteiger partial charge in [-0.2, -0.15) is 5.10 Å². The molecule has 0 spiro atoms. The molecule has 0 aliphatic heterocycles. The number of carboxylic acid groups (broad SMARTS) is 1. The Balaban J connectivity index is 0.00000162. The van der Waals surface area contributed by atoms with E-state index < -0.39 is 5.97 Å². The van der Waals surface area contributed by atoms with Crippen molar-refractivity contribution in [1.82, 2.24) is 14.7 Å². The first-order chi connectivity index (χ1) is 8.08. The number of likely N-dealkylation sites (N-methyl/N-ethyl adjacent to an activating group) is 1. The van der Waals surface area contributed by atoms with E-state index in [0.29, 0.717) is 5.56 Å². The number of hydrogen-bond acceptors (Lipinski definition) is 3. The molecule has 0 radical (unpaired) electrons. The molecule has 0 unspecified atom stereocenters. The van der Waals surface area contributed by atoms with E-state index in [9.17, 15) is 4.79 Å². The predicted molar refractivity (Wildman–Crippen MR) is 72.4 cm³/mol. The first-order valence-electron chi connectivity index (χ1n) is 5.41. The van der Waals surface area contributed by atoms with E-state index in [0.717, 1.165) is 24.0 Å². The Kier molecular flexibility index (Phi) is 4.97. The maximum absolute atomic E-state index is 10.8. The number of aromatic nitrogens is 2. The average Bonchev–Trinajstić information content (AvgIpc) is 2.68. The van der Waals surface area contributed by atoms with Gasteiger partial charge in [0, 0.05) is 11.9 Å². The third kappa shape index (κ3) is 3.14. The molecule has 1 N–H and O–H groups in total. The number of carbonyl (C=O) groups is 1. The monoisotopic (exact) mass is 241 g/mol. The number of hydrogen-bond donors (Lipinski definition) is 1. The summed E-state index contributed by atoms with van der Waals surface area (Å²) in [6.45, 7) is 1.69. The summed E-state index contributed by atoms with van der Waals surface area (Å²) in [6, 6.07) is 5.07. The minimum absolute atomic E-state index is 0. The van der Waals surface area contributed by atoms with E-state index in [1.54, 1.807) is 24.4 Å². The fourth-order valence-corrected chi connectivity index (χ4v) is 1.69. The van der Waals surface area contributed by atoms with Gasteiger partial charge in [-0.3, -0.25) is 4.68 Å². The molecule has 92 valence electrons. The van der Waals surface area contributed by atoms with Crippen molar-refractivity contribution < 1.29 is 9.90 Å². The Morgan fingerprint density at radius 3 is 2.78 bits per heavy atom. The van der Waals surface area contributed by atoms with Crippen LogP contribution in [0.25, 0.3) is 10.9 Å². The molecule has 0 saturated heterocycles. The number of aromatic carboxylic acids is 1. The van der Waals surface area contributed by atoms with Crippen LogP contribution in [-0.4, -0.2) is 65.3 Å². The molecule has 0 bridgehead atoms. The van der Waals surface area contributed by atoms with E-state index >= 15 is 0 Å². The Bertz CT molecular complexity index is 551. The van der Waals surface area contributed by atoms with E-state index in [-0.39, 0.29) is 18.9 Å². The van der Waals surface area contributed by atoms with Crippen molar-refractivity contribution in [3.05, 3.63) is 30.0 Å². The molecule has 0 amide bonds. The average molecular weight is 241 g/mol. The normalized spacial score (nSPS) is 10.6.